The van der Waals surface area contributed by atoms with Crippen LogP contribution in [0.3, 0.4) is 0 Å². The number of benzene rings is 1. The van der Waals surface area contributed by atoms with Crippen molar-refractivity contribution in [3.63, 3.8) is 0 Å². The standard InChI is InChI=1S/C21H27N7O6/c1-3-4-13(18(31)32)25-16(29)11-5-7-12(8-6-11)23-9-21(19(33)34)10-24-15-14(28(21)2)17(30)27-20(22)26-15/h5-8,13,23H,3-4,9-10H2,1-2H3,(H,25,29)(H,31,32)(H,33,34)(H4,22,24,26,27,30)/t13?,21-/m0/s1. The van der Waals surface area contributed by atoms with Crippen molar-refractivity contribution in [3.05, 3.63) is 40.2 Å². The van der Waals surface area contributed by atoms with Gasteiger partial charge in [-0.15, -0.1) is 0 Å². The molecular weight excluding hydrogens is 446 g/mol. The van der Waals surface area contributed by atoms with E-state index in [-0.39, 0.29) is 36.1 Å². The van der Waals surface area contributed by atoms with Crippen LogP contribution >= 0.6 is 0 Å². The van der Waals surface area contributed by atoms with Crippen LogP contribution in [0, 0.1) is 0 Å². The van der Waals surface area contributed by atoms with E-state index in [4.69, 9.17) is 5.73 Å². The van der Waals surface area contributed by atoms with Crippen molar-refractivity contribution < 1.29 is 24.6 Å². The molecule has 13 nitrogen and oxygen atoms in total. The summed E-state index contributed by atoms with van der Waals surface area (Å²) in [4.78, 5) is 56.0. The van der Waals surface area contributed by atoms with Gasteiger partial charge in [0.2, 0.25) is 5.95 Å². The number of anilines is 4. The van der Waals surface area contributed by atoms with E-state index in [1.54, 1.807) is 12.1 Å². The Labute approximate surface area is 194 Å². The highest BCUT2D eigenvalue weighted by molar-refractivity contribution is 5.97. The Kier molecular flexibility index (Phi) is 6.94. The number of nitrogens with one attached hydrogen (secondary N) is 4. The number of fused-ring (bicyclic) bond motifs is 1. The molecule has 1 unspecified atom stereocenters. The summed E-state index contributed by atoms with van der Waals surface area (Å²) in [7, 11) is 1.49. The Hall–Kier alpha value is -4.29. The number of likely N-dealkylation sites (N-methyl/N-ethyl adjacent to an activating group) is 1. The number of nitrogens with two attached hydrogens (primary N) is 1. The van der Waals surface area contributed by atoms with Gasteiger partial charge in [-0.3, -0.25) is 14.6 Å². The van der Waals surface area contributed by atoms with Crippen LogP contribution in [0.5, 0.6) is 0 Å². The number of carbonyl (C=O) groups is 3. The number of aromatic amines is 1. The van der Waals surface area contributed by atoms with Crippen LogP contribution in [0.25, 0.3) is 0 Å². The van der Waals surface area contributed by atoms with E-state index in [9.17, 15) is 29.4 Å². The average molecular weight is 473 g/mol. The van der Waals surface area contributed by atoms with Gasteiger partial charge in [0.1, 0.15) is 11.7 Å². The number of nitrogens with zero attached hydrogens (tertiary/aromatic N) is 2. The molecular formula is C21H27N7O6. The Bertz CT molecular complexity index is 1150. The molecule has 13 heteroatoms. The fourth-order valence-corrected chi connectivity index (χ4v) is 3.73. The topological polar surface area (TPSA) is 203 Å². The van der Waals surface area contributed by atoms with Crippen LogP contribution in [0.2, 0.25) is 0 Å². The molecule has 0 spiro atoms. The Morgan fingerprint density at radius 2 is 1.94 bits per heavy atom. The Balaban J connectivity index is 1.74. The maximum absolute atomic E-state index is 12.4. The largest absolute Gasteiger partial charge is 0.480 e. The number of aromatic nitrogens is 2. The van der Waals surface area contributed by atoms with Crippen LogP contribution in [0.1, 0.15) is 30.1 Å². The highest BCUT2D eigenvalue weighted by Crippen LogP contribution is 2.31. The predicted octanol–water partition coefficient (Wildman–Crippen LogP) is 0.132. The van der Waals surface area contributed by atoms with Gasteiger partial charge in [-0.1, -0.05) is 13.3 Å². The number of carboxylic acids is 2. The molecule has 0 bridgehead atoms. The highest BCUT2D eigenvalue weighted by Gasteiger charge is 2.47. The molecule has 2 aromatic rings. The molecule has 1 aromatic heterocycles. The van der Waals surface area contributed by atoms with Crippen molar-refractivity contribution in [1.29, 1.82) is 0 Å². The summed E-state index contributed by atoms with van der Waals surface area (Å²) < 4.78 is 0. The highest BCUT2D eigenvalue weighted by atomic mass is 16.4. The van der Waals surface area contributed by atoms with E-state index in [0.717, 1.165) is 0 Å². The van der Waals surface area contributed by atoms with Crippen LogP contribution in [-0.4, -0.2) is 69.7 Å². The normalized spacial score (nSPS) is 17.8. The Morgan fingerprint density at radius 1 is 1.26 bits per heavy atom. The Morgan fingerprint density at radius 3 is 2.53 bits per heavy atom. The van der Waals surface area contributed by atoms with Gasteiger partial charge in [-0.05, 0) is 30.7 Å². The van der Waals surface area contributed by atoms with Crippen LogP contribution < -0.4 is 32.1 Å². The summed E-state index contributed by atoms with van der Waals surface area (Å²) >= 11 is 0. The fourth-order valence-electron chi connectivity index (χ4n) is 3.73. The number of rotatable bonds is 9. The molecule has 1 aromatic carbocycles. The molecule has 0 saturated carbocycles. The first-order chi connectivity index (χ1) is 16.1. The average Bonchev–Trinajstić information content (AvgIpc) is 2.78. The molecule has 8 N–H and O–H groups in total. The lowest BCUT2D eigenvalue weighted by Crippen LogP contribution is -2.65. The van der Waals surface area contributed by atoms with Gasteiger partial charge in [0.05, 0.1) is 13.1 Å². The lowest BCUT2D eigenvalue weighted by molar-refractivity contribution is -0.142. The second-order valence-corrected chi connectivity index (χ2v) is 7.98. The molecule has 2 heterocycles. The first-order valence-electron chi connectivity index (χ1n) is 10.6. The molecule has 1 amide bonds. The van der Waals surface area contributed by atoms with Gasteiger partial charge in [0.25, 0.3) is 11.5 Å². The molecule has 1 aliphatic heterocycles. The second kappa shape index (κ2) is 9.68. The molecule has 0 saturated heterocycles. The van der Waals surface area contributed by atoms with Gasteiger partial charge in [-0.25, -0.2) is 9.59 Å². The molecule has 0 aliphatic carbocycles. The SMILES string of the molecule is CCCC(NC(=O)c1ccc(NC[C@@]2(C(=O)O)CNc3nc(N)[nH]c(=O)c3N2C)cc1)C(=O)O. The third-order valence-corrected chi connectivity index (χ3v) is 5.75. The molecule has 0 fully saturated rings. The number of hydrogen-bond donors (Lipinski definition) is 7. The predicted molar refractivity (Wildman–Crippen MR) is 125 cm³/mol. The summed E-state index contributed by atoms with van der Waals surface area (Å²) in [6.45, 7) is 1.69. The minimum Gasteiger partial charge on any atom is -0.480 e. The molecule has 2 atom stereocenters. The third kappa shape index (κ3) is 4.72. The zero-order valence-corrected chi connectivity index (χ0v) is 18.7. The number of aliphatic carboxylic acids is 2. The molecule has 182 valence electrons. The van der Waals surface area contributed by atoms with Crippen molar-refractivity contribution in [3.8, 4) is 0 Å². The van der Waals surface area contributed by atoms with Crippen LogP contribution in [-0.2, 0) is 9.59 Å². The lowest BCUT2D eigenvalue weighted by Gasteiger charge is -2.43. The maximum Gasteiger partial charge on any atom is 0.333 e. The van der Waals surface area contributed by atoms with Crippen molar-refractivity contribution in [2.45, 2.75) is 31.3 Å². The van der Waals surface area contributed by atoms with Gasteiger partial charge in [-0.2, -0.15) is 4.98 Å². The van der Waals surface area contributed by atoms with Crippen molar-refractivity contribution in [2.24, 2.45) is 0 Å². The third-order valence-electron chi connectivity index (χ3n) is 5.75. The summed E-state index contributed by atoms with van der Waals surface area (Å²) in [5.74, 6) is -2.68. The van der Waals surface area contributed by atoms with Crippen molar-refractivity contribution >= 4 is 41.0 Å². The maximum atomic E-state index is 12.4. The summed E-state index contributed by atoms with van der Waals surface area (Å²) in [5, 5.41) is 27.6. The number of carboxylic acid groups (broad SMARTS) is 2. The minimum absolute atomic E-state index is 0.0524. The van der Waals surface area contributed by atoms with Crippen LogP contribution in [0.15, 0.2) is 29.1 Å². The molecule has 1 aliphatic rings. The summed E-state index contributed by atoms with van der Waals surface area (Å²) in [6.07, 6.45) is 0.919. The van der Waals surface area contributed by atoms with Gasteiger partial charge in [0.15, 0.2) is 11.4 Å². The van der Waals surface area contributed by atoms with Gasteiger partial charge in [0, 0.05) is 18.3 Å². The number of nitrogen functional groups attached to an aromatic ring is 1. The second-order valence-electron chi connectivity index (χ2n) is 7.98. The summed E-state index contributed by atoms with van der Waals surface area (Å²) in [6, 6.07) is 5.20. The van der Waals surface area contributed by atoms with E-state index in [1.807, 2.05) is 6.92 Å². The summed E-state index contributed by atoms with van der Waals surface area (Å²) in [5.41, 5.74) is 4.32. The van der Waals surface area contributed by atoms with Gasteiger partial charge >= 0.3 is 11.9 Å². The van der Waals surface area contributed by atoms with E-state index in [0.29, 0.717) is 18.5 Å². The van der Waals surface area contributed by atoms with Gasteiger partial charge < -0.3 is 36.8 Å². The smallest absolute Gasteiger partial charge is 0.333 e. The number of H-pyrrole nitrogens is 1. The van der Waals surface area contributed by atoms with E-state index in [1.165, 1.54) is 24.1 Å². The zero-order chi connectivity index (χ0) is 25.0. The first kappa shape index (κ1) is 24.4. The van der Waals surface area contributed by atoms with E-state index >= 15 is 0 Å². The van der Waals surface area contributed by atoms with E-state index in [2.05, 4.69) is 25.9 Å². The van der Waals surface area contributed by atoms with Crippen LogP contribution in [0.4, 0.5) is 23.1 Å². The lowest BCUT2D eigenvalue weighted by atomic mass is 9.94. The first-order valence-corrected chi connectivity index (χ1v) is 10.6. The number of hydrogen-bond acceptors (Lipinski definition) is 9. The van der Waals surface area contributed by atoms with E-state index < -0.39 is 35.0 Å². The molecule has 3 rings (SSSR count). The molecule has 0 radical (unpaired) electrons. The minimum atomic E-state index is -1.53. The van der Waals surface area contributed by atoms with Crippen molar-refractivity contribution in [1.82, 2.24) is 15.3 Å². The fraction of sp³-hybridized carbons (Fsp3) is 0.381. The number of carbonyl (C=O) groups excluding carboxylic acids is 1. The monoisotopic (exact) mass is 473 g/mol. The number of amides is 1. The quantitative estimate of drug-likeness (QED) is 0.261. The van der Waals surface area contributed by atoms with Crippen molar-refractivity contribution in [2.75, 3.05) is 41.4 Å². The zero-order valence-electron chi connectivity index (χ0n) is 18.7. The molecule has 34 heavy (non-hydrogen) atoms.